The molecule has 0 fully saturated rings. The largest absolute Gasteiger partial charge is 0.492 e. The molecule has 2 aromatic rings. The lowest BCUT2D eigenvalue weighted by atomic mass is 10.2. The van der Waals surface area contributed by atoms with E-state index in [1.165, 1.54) is 18.2 Å². The molecule has 0 aliphatic carbocycles. The van der Waals surface area contributed by atoms with Crippen molar-refractivity contribution in [3.63, 3.8) is 0 Å². The fraction of sp³-hybridized carbons (Fsp3) is 0.158. The number of rotatable bonds is 7. The Kier molecular flexibility index (Phi) is 5.91. The summed E-state index contributed by atoms with van der Waals surface area (Å²) >= 11 is 0. The van der Waals surface area contributed by atoms with Crippen LogP contribution in [0.25, 0.3) is 6.08 Å². The predicted molar refractivity (Wildman–Crippen MR) is 95.8 cm³/mol. The third-order valence-electron chi connectivity index (χ3n) is 3.71. The van der Waals surface area contributed by atoms with Gasteiger partial charge in [0.1, 0.15) is 12.4 Å². The van der Waals surface area contributed by atoms with E-state index in [4.69, 9.17) is 19.4 Å². The Morgan fingerprint density at radius 3 is 2.67 bits per heavy atom. The zero-order chi connectivity index (χ0) is 19.1. The maximum absolute atomic E-state index is 11.8. The molecular weight excluding hydrogens is 352 g/mol. The van der Waals surface area contributed by atoms with Crippen molar-refractivity contribution < 1.29 is 29.0 Å². The van der Waals surface area contributed by atoms with Gasteiger partial charge in [-0.15, -0.1) is 0 Å². The molecule has 3 N–H and O–H groups in total. The first-order chi connectivity index (χ1) is 13.2. The molecule has 0 unspecified atom stereocenters. The summed E-state index contributed by atoms with van der Waals surface area (Å²) in [6.07, 6.45) is 3.11. The summed E-state index contributed by atoms with van der Waals surface area (Å²) in [6.45, 7) is 0.804. The van der Waals surface area contributed by atoms with Gasteiger partial charge in [0.15, 0.2) is 11.5 Å². The number of carbonyl (C=O) groups excluding carboxylic acids is 2. The van der Waals surface area contributed by atoms with Gasteiger partial charge in [-0.3, -0.25) is 14.8 Å². The molecule has 1 aliphatic rings. The Hall–Kier alpha value is -3.52. The lowest BCUT2D eigenvalue weighted by Gasteiger charge is -2.07. The molecule has 2 aromatic carbocycles. The van der Waals surface area contributed by atoms with E-state index in [-0.39, 0.29) is 19.3 Å². The molecule has 0 saturated carbocycles. The SMILES string of the molecule is O=C(/C=C/c1ccc2c(c1)OCO2)NCCOc1ccc(C(=O)NO)cc1. The number of hydrogen-bond acceptors (Lipinski definition) is 6. The van der Waals surface area contributed by atoms with Gasteiger partial charge in [-0.25, -0.2) is 5.48 Å². The van der Waals surface area contributed by atoms with Crippen LogP contribution in [0.2, 0.25) is 0 Å². The first-order valence-electron chi connectivity index (χ1n) is 8.18. The van der Waals surface area contributed by atoms with Crippen LogP contribution in [0.3, 0.4) is 0 Å². The third-order valence-corrected chi connectivity index (χ3v) is 3.71. The summed E-state index contributed by atoms with van der Waals surface area (Å²) in [5.74, 6) is 1.07. The maximum atomic E-state index is 11.8. The Morgan fingerprint density at radius 2 is 1.89 bits per heavy atom. The fourth-order valence-electron chi connectivity index (χ4n) is 2.36. The van der Waals surface area contributed by atoms with E-state index in [0.29, 0.717) is 29.4 Å². The molecule has 8 nitrogen and oxygen atoms in total. The number of amides is 2. The van der Waals surface area contributed by atoms with Crippen molar-refractivity contribution in [3.8, 4) is 17.2 Å². The standard InChI is InChI=1S/C19H18N2O6/c22-18(8-2-13-1-7-16-17(11-13)27-12-26-16)20-9-10-25-15-5-3-14(4-6-15)19(23)21-24/h1-8,11,24H,9-10,12H2,(H,20,22)(H,21,23)/b8-2+. The zero-order valence-electron chi connectivity index (χ0n) is 14.3. The number of hydroxylamine groups is 1. The normalized spacial score (nSPS) is 12.0. The lowest BCUT2D eigenvalue weighted by molar-refractivity contribution is -0.116. The van der Waals surface area contributed by atoms with E-state index in [0.717, 1.165) is 5.56 Å². The van der Waals surface area contributed by atoms with Crippen LogP contribution in [0, 0.1) is 0 Å². The second kappa shape index (κ2) is 8.72. The third kappa shape index (κ3) is 4.99. The lowest BCUT2D eigenvalue weighted by Crippen LogP contribution is -2.26. The van der Waals surface area contributed by atoms with Crippen molar-refractivity contribution in [2.75, 3.05) is 19.9 Å². The highest BCUT2D eigenvalue weighted by atomic mass is 16.7. The minimum Gasteiger partial charge on any atom is -0.492 e. The molecule has 140 valence electrons. The highest BCUT2D eigenvalue weighted by molar-refractivity contribution is 5.93. The Balaban J connectivity index is 1.40. The summed E-state index contributed by atoms with van der Waals surface area (Å²) in [4.78, 5) is 23.0. The average molecular weight is 370 g/mol. The highest BCUT2D eigenvalue weighted by Gasteiger charge is 2.12. The average Bonchev–Trinajstić information content (AvgIpc) is 3.17. The van der Waals surface area contributed by atoms with Crippen LogP contribution in [-0.2, 0) is 4.79 Å². The molecule has 0 atom stereocenters. The molecule has 0 aromatic heterocycles. The molecule has 27 heavy (non-hydrogen) atoms. The quantitative estimate of drug-likeness (QED) is 0.297. The topological polar surface area (TPSA) is 106 Å². The van der Waals surface area contributed by atoms with E-state index in [1.807, 2.05) is 6.07 Å². The molecule has 0 bridgehead atoms. The smallest absolute Gasteiger partial charge is 0.274 e. The fourth-order valence-corrected chi connectivity index (χ4v) is 2.36. The van der Waals surface area contributed by atoms with E-state index in [9.17, 15) is 9.59 Å². The summed E-state index contributed by atoms with van der Waals surface area (Å²) < 4.78 is 16.0. The number of benzene rings is 2. The van der Waals surface area contributed by atoms with Gasteiger partial charge >= 0.3 is 0 Å². The molecule has 0 saturated heterocycles. The van der Waals surface area contributed by atoms with Gasteiger partial charge in [0.25, 0.3) is 5.91 Å². The van der Waals surface area contributed by atoms with Crippen molar-refractivity contribution in [1.82, 2.24) is 10.8 Å². The van der Waals surface area contributed by atoms with E-state index < -0.39 is 5.91 Å². The molecule has 1 aliphatic heterocycles. The molecule has 0 radical (unpaired) electrons. The van der Waals surface area contributed by atoms with E-state index in [2.05, 4.69) is 5.32 Å². The summed E-state index contributed by atoms with van der Waals surface area (Å²) in [5.41, 5.74) is 2.70. The predicted octanol–water partition coefficient (Wildman–Crippen LogP) is 1.74. The Morgan fingerprint density at radius 1 is 1.11 bits per heavy atom. The van der Waals surface area contributed by atoms with Crippen LogP contribution < -0.4 is 25.0 Å². The van der Waals surface area contributed by atoms with Gasteiger partial charge in [0, 0.05) is 11.6 Å². The van der Waals surface area contributed by atoms with Gasteiger partial charge < -0.3 is 19.5 Å². The van der Waals surface area contributed by atoms with Crippen molar-refractivity contribution >= 4 is 17.9 Å². The molecular formula is C19H18N2O6. The van der Waals surface area contributed by atoms with Crippen LogP contribution in [-0.4, -0.2) is 37.0 Å². The highest BCUT2D eigenvalue weighted by Crippen LogP contribution is 2.32. The van der Waals surface area contributed by atoms with Gasteiger partial charge in [-0.1, -0.05) is 6.07 Å². The molecule has 3 rings (SSSR count). The summed E-state index contributed by atoms with van der Waals surface area (Å²) in [5, 5.41) is 11.3. The number of carbonyl (C=O) groups is 2. The van der Waals surface area contributed by atoms with Crippen molar-refractivity contribution in [3.05, 3.63) is 59.7 Å². The van der Waals surface area contributed by atoms with Crippen LogP contribution in [0.5, 0.6) is 17.2 Å². The second-order valence-electron chi connectivity index (χ2n) is 5.55. The molecule has 1 heterocycles. The van der Waals surface area contributed by atoms with Gasteiger partial charge in [-0.2, -0.15) is 0 Å². The van der Waals surface area contributed by atoms with Crippen molar-refractivity contribution in [2.24, 2.45) is 0 Å². The first kappa shape index (κ1) is 18.3. The monoisotopic (exact) mass is 370 g/mol. The van der Waals surface area contributed by atoms with Crippen molar-refractivity contribution in [1.29, 1.82) is 0 Å². The summed E-state index contributed by atoms with van der Waals surface area (Å²) in [6, 6.07) is 11.7. The number of fused-ring (bicyclic) bond motifs is 1. The van der Waals surface area contributed by atoms with E-state index in [1.54, 1.807) is 35.8 Å². The van der Waals surface area contributed by atoms with Gasteiger partial charge in [0.05, 0.1) is 6.54 Å². The molecule has 2 amide bonds. The van der Waals surface area contributed by atoms with Gasteiger partial charge in [0.2, 0.25) is 12.7 Å². The minimum atomic E-state index is -0.594. The zero-order valence-corrected chi connectivity index (χ0v) is 14.3. The number of hydrogen-bond donors (Lipinski definition) is 3. The maximum Gasteiger partial charge on any atom is 0.274 e. The van der Waals surface area contributed by atoms with Crippen LogP contribution in [0.1, 0.15) is 15.9 Å². The number of ether oxygens (including phenoxy) is 3. The first-order valence-corrected chi connectivity index (χ1v) is 8.18. The molecule has 8 heteroatoms. The Labute approximate surface area is 155 Å². The van der Waals surface area contributed by atoms with Crippen LogP contribution in [0.15, 0.2) is 48.5 Å². The number of nitrogens with one attached hydrogen (secondary N) is 2. The summed E-state index contributed by atoms with van der Waals surface area (Å²) in [7, 11) is 0. The van der Waals surface area contributed by atoms with Crippen LogP contribution >= 0.6 is 0 Å². The van der Waals surface area contributed by atoms with Crippen molar-refractivity contribution in [2.45, 2.75) is 0 Å². The Bertz CT molecular complexity index is 848. The van der Waals surface area contributed by atoms with E-state index >= 15 is 0 Å². The van der Waals surface area contributed by atoms with Gasteiger partial charge in [-0.05, 0) is 48.0 Å². The van der Waals surface area contributed by atoms with Crippen LogP contribution in [0.4, 0.5) is 0 Å². The second-order valence-corrected chi connectivity index (χ2v) is 5.55. The molecule has 0 spiro atoms. The minimum absolute atomic E-state index is 0.209.